The number of benzene rings is 1. The Labute approximate surface area is 171 Å². The van der Waals surface area contributed by atoms with Gasteiger partial charge in [0.2, 0.25) is 5.89 Å². The van der Waals surface area contributed by atoms with Gasteiger partial charge in [0, 0.05) is 42.4 Å². The molecular weight excluding hydrogens is 392 g/mol. The average Bonchev–Trinajstić information content (AvgIpc) is 3.47. The molecule has 29 heavy (non-hydrogen) atoms. The van der Waals surface area contributed by atoms with Crippen molar-refractivity contribution in [2.45, 2.75) is 18.8 Å². The number of aryl methyl sites for hydroxylation is 1. The first-order valence-corrected chi connectivity index (χ1v) is 9.85. The van der Waals surface area contributed by atoms with Crippen molar-refractivity contribution in [2.75, 3.05) is 13.2 Å². The first-order valence-electron chi connectivity index (χ1n) is 9.48. The minimum Gasteiger partial charge on any atom is -0.419 e. The van der Waals surface area contributed by atoms with Crippen molar-refractivity contribution in [3.05, 3.63) is 52.9 Å². The summed E-state index contributed by atoms with van der Waals surface area (Å²) in [6.45, 7) is 1.35. The highest BCUT2D eigenvalue weighted by Gasteiger charge is 2.29. The number of rotatable bonds is 2. The van der Waals surface area contributed by atoms with Crippen molar-refractivity contribution in [1.82, 2.24) is 29.5 Å². The second kappa shape index (κ2) is 6.27. The van der Waals surface area contributed by atoms with Crippen LogP contribution in [0.4, 0.5) is 0 Å². The monoisotopic (exact) mass is 408 g/mol. The van der Waals surface area contributed by atoms with Gasteiger partial charge in [-0.05, 0) is 24.6 Å². The Morgan fingerprint density at radius 3 is 3.00 bits per heavy atom. The molecule has 0 N–H and O–H groups in total. The van der Waals surface area contributed by atoms with Crippen LogP contribution in [0.3, 0.4) is 0 Å². The van der Waals surface area contributed by atoms with E-state index in [-0.39, 0.29) is 5.92 Å². The number of nitrogens with zero attached hydrogens (tertiary/aromatic N) is 6. The van der Waals surface area contributed by atoms with E-state index in [0.29, 0.717) is 35.5 Å². The topological polar surface area (TPSA) is 83.8 Å². The van der Waals surface area contributed by atoms with Crippen molar-refractivity contribution in [3.63, 3.8) is 0 Å². The van der Waals surface area contributed by atoms with Crippen molar-refractivity contribution in [3.8, 4) is 28.5 Å². The van der Waals surface area contributed by atoms with Gasteiger partial charge in [0.05, 0.1) is 29.6 Å². The second-order valence-corrected chi connectivity index (χ2v) is 7.87. The Balaban J connectivity index is 1.51. The summed E-state index contributed by atoms with van der Waals surface area (Å²) in [4.78, 5) is 4.63. The molecule has 1 fully saturated rings. The molecular formula is C20H17ClN6O2. The van der Waals surface area contributed by atoms with Crippen molar-refractivity contribution >= 4 is 11.6 Å². The summed E-state index contributed by atoms with van der Waals surface area (Å²) in [6, 6.07) is 5.82. The zero-order valence-corrected chi connectivity index (χ0v) is 16.4. The molecule has 0 spiro atoms. The number of hydrogen-bond acceptors (Lipinski definition) is 6. The van der Waals surface area contributed by atoms with Crippen LogP contribution in [-0.2, 0) is 18.2 Å². The molecule has 1 saturated heterocycles. The van der Waals surface area contributed by atoms with Gasteiger partial charge in [-0.2, -0.15) is 5.10 Å². The molecule has 3 aromatic heterocycles. The molecule has 0 radical (unpaired) electrons. The van der Waals surface area contributed by atoms with E-state index in [1.165, 1.54) is 0 Å². The lowest BCUT2D eigenvalue weighted by Crippen LogP contribution is -2.00. The summed E-state index contributed by atoms with van der Waals surface area (Å²) >= 11 is 6.29. The molecule has 2 aliphatic heterocycles. The van der Waals surface area contributed by atoms with Crippen LogP contribution < -0.4 is 0 Å². The predicted molar refractivity (Wildman–Crippen MR) is 105 cm³/mol. The molecule has 9 heteroatoms. The normalized spacial score (nSPS) is 17.7. The fourth-order valence-corrected chi connectivity index (χ4v) is 4.31. The van der Waals surface area contributed by atoms with Crippen molar-refractivity contribution < 1.29 is 9.15 Å². The molecule has 0 aliphatic carbocycles. The van der Waals surface area contributed by atoms with Crippen LogP contribution in [0.1, 0.15) is 29.5 Å². The van der Waals surface area contributed by atoms with Gasteiger partial charge >= 0.3 is 0 Å². The lowest BCUT2D eigenvalue weighted by atomic mass is 10.0. The third-order valence-electron chi connectivity index (χ3n) is 5.52. The summed E-state index contributed by atoms with van der Waals surface area (Å²) < 4.78 is 15.3. The van der Waals surface area contributed by atoms with E-state index in [1.807, 2.05) is 36.1 Å². The van der Waals surface area contributed by atoms with E-state index in [0.717, 1.165) is 41.2 Å². The average molecular weight is 409 g/mol. The molecule has 0 amide bonds. The summed E-state index contributed by atoms with van der Waals surface area (Å²) in [7, 11) is 1.92. The molecule has 4 aromatic rings. The van der Waals surface area contributed by atoms with Crippen LogP contribution >= 0.6 is 11.6 Å². The van der Waals surface area contributed by atoms with E-state index in [1.54, 1.807) is 6.33 Å². The quantitative estimate of drug-likeness (QED) is 0.445. The predicted octanol–water partition coefficient (Wildman–Crippen LogP) is 3.38. The number of fused-ring (bicyclic) bond motifs is 5. The third-order valence-corrected chi connectivity index (χ3v) is 5.76. The molecule has 1 unspecified atom stereocenters. The van der Waals surface area contributed by atoms with Gasteiger partial charge < -0.3 is 13.7 Å². The second-order valence-electron chi connectivity index (χ2n) is 7.43. The van der Waals surface area contributed by atoms with E-state index in [9.17, 15) is 0 Å². The maximum Gasteiger partial charge on any atom is 0.268 e. The highest BCUT2D eigenvalue weighted by molar-refractivity contribution is 6.31. The minimum atomic E-state index is 0.158. The van der Waals surface area contributed by atoms with Gasteiger partial charge in [-0.1, -0.05) is 11.6 Å². The largest absolute Gasteiger partial charge is 0.419 e. The zero-order chi connectivity index (χ0) is 19.5. The fraction of sp³-hybridized carbons (Fsp3) is 0.300. The number of aromatic nitrogens is 6. The molecule has 6 rings (SSSR count). The minimum absolute atomic E-state index is 0.158. The molecule has 0 saturated carbocycles. The molecule has 8 nitrogen and oxygen atoms in total. The van der Waals surface area contributed by atoms with Crippen LogP contribution in [0.2, 0.25) is 5.02 Å². The Hall–Kier alpha value is -2.97. The van der Waals surface area contributed by atoms with E-state index in [4.69, 9.17) is 20.8 Å². The fourth-order valence-electron chi connectivity index (χ4n) is 4.14. The Bertz CT molecular complexity index is 1230. The Morgan fingerprint density at radius 2 is 2.14 bits per heavy atom. The van der Waals surface area contributed by atoms with Crippen LogP contribution in [0.15, 0.2) is 35.1 Å². The number of ether oxygens (including phenoxy) is 1. The van der Waals surface area contributed by atoms with Gasteiger partial charge in [0.25, 0.3) is 5.89 Å². The summed E-state index contributed by atoms with van der Waals surface area (Å²) in [6.07, 6.45) is 5.37. The molecule has 1 atom stereocenters. The number of halogens is 1. The highest BCUT2D eigenvalue weighted by atomic mass is 35.5. The zero-order valence-electron chi connectivity index (χ0n) is 15.7. The van der Waals surface area contributed by atoms with Crippen LogP contribution in [0.5, 0.6) is 0 Å². The molecule has 5 heterocycles. The molecule has 146 valence electrons. The van der Waals surface area contributed by atoms with Crippen LogP contribution in [-0.4, -0.2) is 42.7 Å². The SMILES string of the molecule is Cn1cc2c(n1)-c1cc(Cl)ccc1-n1cnc(-c3nnc(C4CCOC4)o3)c1C2. The Morgan fingerprint density at radius 1 is 1.21 bits per heavy atom. The lowest BCUT2D eigenvalue weighted by Gasteiger charge is -2.09. The standard InChI is InChI=1S/C20H17ClN6O2/c1-26-8-12-6-16-18(20-24-23-19(29-20)11-4-5-28-9-11)22-10-27(16)15-3-2-13(21)7-14(15)17(12)25-26/h2-3,7-8,10-11H,4-6,9H2,1H3. The summed E-state index contributed by atoms with van der Waals surface area (Å²) in [5, 5.41) is 13.9. The van der Waals surface area contributed by atoms with E-state index in [2.05, 4.69) is 24.8 Å². The van der Waals surface area contributed by atoms with E-state index < -0.39 is 0 Å². The highest BCUT2D eigenvalue weighted by Crippen LogP contribution is 2.38. The van der Waals surface area contributed by atoms with Crippen LogP contribution in [0.25, 0.3) is 28.5 Å². The van der Waals surface area contributed by atoms with Gasteiger partial charge in [0.15, 0.2) is 0 Å². The third kappa shape index (κ3) is 2.63. The van der Waals surface area contributed by atoms with Gasteiger partial charge in [-0.3, -0.25) is 4.68 Å². The van der Waals surface area contributed by atoms with Crippen molar-refractivity contribution in [2.24, 2.45) is 7.05 Å². The first kappa shape index (κ1) is 16.9. The lowest BCUT2D eigenvalue weighted by molar-refractivity contribution is 0.191. The number of hydrogen-bond donors (Lipinski definition) is 0. The number of imidazole rings is 1. The van der Waals surface area contributed by atoms with Gasteiger partial charge in [0.1, 0.15) is 12.0 Å². The van der Waals surface area contributed by atoms with Gasteiger partial charge in [-0.25, -0.2) is 4.98 Å². The maximum absolute atomic E-state index is 6.29. The summed E-state index contributed by atoms with van der Waals surface area (Å²) in [5.41, 5.74) is 5.66. The van der Waals surface area contributed by atoms with Crippen LogP contribution in [0, 0.1) is 0 Å². The van der Waals surface area contributed by atoms with E-state index >= 15 is 0 Å². The first-order chi connectivity index (χ1) is 14.2. The maximum atomic E-state index is 6.29. The molecule has 2 aliphatic rings. The van der Waals surface area contributed by atoms with Gasteiger partial charge in [-0.15, -0.1) is 10.2 Å². The smallest absolute Gasteiger partial charge is 0.268 e. The molecule has 0 bridgehead atoms. The molecule has 1 aromatic carbocycles. The summed E-state index contributed by atoms with van der Waals surface area (Å²) in [5.74, 6) is 1.20. The Kier molecular flexibility index (Phi) is 3.66. The van der Waals surface area contributed by atoms with Crippen molar-refractivity contribution in [1.29, 1.82) is 0 Å².